The van der Waals surface area contributed by atoms with E-state index in [9.17, 15) is 19.5 Å². The number of benzene rings is 3. The molecule has 35 heavy (non-hydrogen) atoms. The first-order valence-corrected chi connectivity index (χ1v) is 10.9. The molecule has 8 heteroatoms. The Labute approximate surface area is 200 Å². The van der Waals surface area contributed by atoms with Crippen molar-refractivity contribution in [2.24, 2.45) is 0 Å². The van der Waals surface area contributed by atoms with Gasteiger partial charge in [0.25, 0.3) is 0 Å². The average molecular weight is 474 g/mol. The molecule has 8 nitrogen and oxygen atoms in total. The van der Waals surface area contributed by atoms with Crippen LogP contribution in [-0.2, 0) is 4.79 Å². The number of fused-ring (bicyclic) bond motifs is 1. The summed E-state index contributed by atoms with van der Waals surface area (Å²) in [6.45, 7) is 3.67. The first-order chi connectivity index (χ1) is 16.9. The van der Waals surface area contributed by atoms with Crippen molar-refractivity contribution < 1.29 is 33.3 Å². The molecule has 0 aliphatic heterocycles. The Morgan fingerprint density at radius 2 is 1.71 bits per heavy atom. The van der Waals surface area contributed by atoms with E-state index in [1.165, 1.54) is 43.5 Å². The highest BCUT2D eigenvalue weighted by atomic mass is 16.5. The third-order valence-electron chi connectivity index (χ3n) is 5.04. The summed E-state index contributed by atoms with van der Waals surface area (Å²) in [5.74, 6) is -0.763. The molecule has 4 rings (SSSR count). The zero-order valence-electron chi connectivity index (χ0n) is 19.1. The average Bonchev–Trinajstić information content (AvgIpc) is 2.83. The Kier molecular flexibility index (Phi) is 6.82. The van der Waals surface area contributed by atoms with Gasteiger partial charge in [0.1, 0.15) is 45.8 Å². The van der Waals surface area contributed by atoms with Crippen LogP contribution in [0.1, 0.15) is 30.6 Å². The van der Waals surface area contributed by atoms with Gasteiger partial charge in [-0.3, -0.25) is 9.59 Å². The number of para-hydroxylation sites is 1. The second kappa shape index (κ2) is 10.1. The standard InChI is InChI=1S/C27H22O8/c1-3-12-32-19-13-22(29)25-24(14-19)33-15-21(26(25)30)17-8-10-18(11-9-17)35-27(31)20-6-4-5-7-23(20)34-16(2)28/h4-11,13-15,29H,3,12H2,1-2H3. The second-order valence-corrected chi connectivity index (χ2v) is 7.65. The van der Waals surface area contributed by atoms with Crippen molar-refractivity contribution in [1.82, 2.24) is 0 Å². The number of hydrogen-bond acceptors (Lipinski definition) is 8. The molecule has 0 saturated heterocycles. The maximum atomic E-state index is 13.1. The SMILES string of the molecule is CCCOc1cc(O)c2c(=O)c(-c3ccc(OC(=O)c4ccccc4OC(C)=O)cc3)coc2c1. The highest BCUT2D eigenvalue weighted by Gasteiger charge is 2.17. The lowest BCUT2D eigenvalue weighted by atomic mass is 10.0. The largest absolute Gasteiger partial charge is 0.507 e. The summed E-state index contributed by atoms with van der Waals surface area (Å²) < 4.78 is 21.6. The van der Waals surface area contributed by atoms with Gasteiger partial charge in [0.05, 0.1) is 12.2 Å². The van der Waals surface area contributed by atoms with E-state index in [1.807, 2.05) is 6.92 Å². The first-order valence-electron chi connectivity index (χ1n) is 10.9. The Hall–Kier alpha value is -4.59. The first kappa shape index (κ1) is 23.6. The number of carbonyl (C=O) groups is 2. The third kappa shape index (κ3) is 5.16. The lowest BCUT2D eigenvalue weighted by Crippen LogP contribution is -2.12. The second-order valence-electron chi connectivity index (χ2n) is 7.65. The molecule has 0 radical (unpaired) electrons. The summed E-state index contributed by atoms with van der Waals surface area (Å²) in [5, 5.41) is 10.4. The molecular formula is C27H22O8. The fourth-order valence-electron chi connectivity index (χ4n) is 3.45. The molecule has 0 atom stereocenters. The van der Waals surface area contributed by atoms with Gasteiger partial charge in [0, 0.05) is 19.1 Å². The smallest absolute Gasteiger partial charge is 0.347 e. The van der Waals surface area contributed by atoms with Crippen molar-refractivity contribution in [3.05, 3.63) is 82.7 Å². The molecule has 0 bridgehead atoms. The van der Waals surface area contributed by atoms with Crippen molar-refractivity contribution >= 4 is 22.9 Å². The summed E-state index contributed by atoms with van der Waals surface area (Å²) in [4.78, 5) is 36.9. The Bertz CT molecular complexity index is 1450. The highest BCUT2D eigenvalue weighted by Crippen LogP contribution is 2.31. The molecule has 0 amide bonds. The molecule has 0 fully saturated rings. The van der Waals surface area contributed by atoms with Crippen molar-refractivity contribution in [1.29, 1.82) is 0 Å². The van der Waals surface area contributed by atoms with E-state index in [0.717, 1.165) is 6.42 Å². The minimum atomic E-state index is -0.703. The number of hydrogen-bond donors (Lipinski definition) is 1. The number of phenols is 1. The van der Waals surface area contributed by atoms with Crippen LogP contribution in [0.25, 0.3) is 22.1 Å². The van der Waals surface area contributed by atoms with Gasteiger partial charge in [-0.25, -0.2) is 4.79 Å². The monoisotopic (exact) mass is 474 g/mol. The van der Waals surface area contributed by atoms with Gasteiger partial charge >= 0.3 is 11.9 Å². The van der Waals surface area contributed by atoms with E-state index in [-0.39, 0.29) is 39.3 Å². The summed E-state index contributed by atoms with van der Waals surface area (Å²) in [6.07, 6.45) is 2.11. The van der Waals surface area contributed by atoms with Crippen LogP contribution in [0, 0.1) is 0 Å². The zero-order valence-corrected chi connectivity index (χ0v) is 19.1. The summed E-state index contributed by atoms with van der Waals surface area (Å²) in [6, 6.07) is 15.4. The van der Waals surface area contributed by atoms with Crippen molar-refractivity contribution in [3.8, 4) is 34.1 Å². The minimum absolute atomic E-state index is 0.0453. The van der Waals surface area contributed by atoms with E-state index in [2.05, 4.69) is 0 Å². The number of ether oxygens (including phenoxy) is 3. The molecule has 4 aromatic rings. The van der Waals surface area contributed by atoms with Gasteiger partial charge in [0.2, 0.25) is 5.43 Å². The van der Waals surface area contributed by atoms with Crippen LogP contribution in [0.2, 0.25) is 0 Å². The Morgan fingerprint density at radius 3 is 2.43 bits per heavy atom. The van der Waals surface area contributed by atoms with Crippen LogP contribution in [0.3, 0.4) is 0 Å². The molecule has 3 aromatic carbocycles. The van der Waals surface area contributed by atoms with Crippen molar-refractivity contribution in [2.45, 2.75) is 20.3 Å². The van der Waals surface area contributed by atoms with Gasteiger partial charge in [0.15, 0.2) is 0 Å². The van der Waals surface area contributed by atoms with Gasteiger partial charge in [-0.05, 0) is 36.2 Å². The predicted molar refractivity (Wildman–Crippen MR) is 128 cm³/mol. The van der Waals surface area contributed by atoms with Crippen LogP contribution in [-0.4, -0.2) is 23.7 Å². The molecule has 1 heterocycles. The van der Waals surface area contributed by atoms with Crippen LogP contribution in [0.15, 0.2) is 76.1 Å². The van der Waals surface area contributed by atoms with E-state index in [0.29, 0.717) is 17.9 Å². The molecule has 0 aliphatic carbocycles. The molecule has 1 N–H and O–H groups in total. The van der Waals surface area contributed by atoms with E-state index < -0.39 is 17.4 Å². The zero-order chi connectivity index (χ0) is 24.9. The molecular weight excluding hydrogens is 452 g/mol. The van der Waals surface area contributed by atoms with E-state index in [1.54, 1.807) is 30.3 Å². The fourth-order valence-corrected chi connectivity index (χ4v) is 3.45. The van der Waals surface area contributed by atoms with E-state index in [4.69, 9.17) is 18.6 Å². The molecule has 0 spiro atoms. The number of aromatic hydroxyl groups is 1. The lowest BCUT2D eigenvalue weighted by molar-refractivity contribution is -0.131. The quantitative estimate of drug-likeness (QED) is 0.291. The maximum absolute atomic E-state index is 13.1. The van der Waals surface area contributed by atoms with Gasteiger partial charge < -0.3 is 23.7 Å². The van der Waals surface area contributed by atoms with Crippen molar-refractivity contribution in [2.75, 3.05) is 6.61 Å². The normalized spacial score (nSPS) is 10.7. The van der Waals surface area contributed by atoms with Crippen LogP contribution in [0.4, 0.5) is 0 Å². The van der Waals surface area contributed by atoms with Crippen LogP contribution < -0.4 is 19.6 Å². The van der Waals surface area contributed by atoms with Crippen LogP contribution >= 0.6 is 0 Å². The molecule has 178 valence electrons. The highest BCUT2D eigenvalue weighted by molar-refractivity contribution is 5.95. The number of phenolic OH excluding ortho intramolecular Hbond substituents is 1. The van der Waals surface area contributed by atoms with Gasteiger partial charge in [-0.1, -0.05) is 31.2 Å². The molecule has 0 saturated carbocycles. The Morgan fingerprint density at radius 1 is 0.971 bits per heavy atom. The molecule has 0 unspecified atom stereocenters. The maximum Gasteiger partial charge on any atom is 0.347 e. The topological polar surface area (TPSA) is 112 Å². The fraction of sp³-hybridized carbons (Fsp3) is 0.148. The van der Waals surface area contributed by atoms with E-state index >= 15 is 0 Å². The molecule has 0 aliphatic rings. The third-order valence-corrected chi connectivity index (χ3v) is 5.04. The number of carbonyl (C=O) groups excluding carboxylic acids is 2. The summed E-state index contributed by atoms with van der Waals surface area (Å²) in [7, 11) is 0. The minimum Gasteiger partial charge on any atom is -0.507 e. The number of rotatable bonds is 7. The molecule has 1 aromatic heterocycles. The van der Waals surface area contributed by atoms with Crippen LogP contribution in [0.5, 0.6) is 23.0 Å². The van der Waals surface area contributed by atoms with Gasteiger partial charge in [-0.2, -0.15) is 0 Å². The lowest BCUT2D eigenvalue weighted by Gasteiger charge is -2.10. The Balaban J connectivity index is 1.58. The van der Waals surface area contributed by atoms with Crippen molar-refractivity contribution in [3.63, 3.8) is 0 Å². The summed E-state index contributed by atoms with van der Waals surface area (Å²) in [5.41, 5.74) is 0.631. The summed E-state index contributed by atoms with van der Waals surface area (Å²) >= 11 is 0. The van der Waals surface area contributed by atoms with Gasteiger partial charge in [-0.15, -0.1) is 0 Å². The number of esters is 2. The predicted octanol–water partition coefficient (Wildman–Crippen LogP) is 5.10.